The molecule has 0 aromatic heterocycles. The Morgan fingerprint density at radius 2 is 1.95 bits per heavy atom. The molecular weight excluding hydrogens is 240 g/mol. The van der Waals surface area contributed by atoms with Crippen LogP contribution >= 0.6 is 0 Å². The second-order valence-corrected chi connectivity index (χ2v) is 6.66. The predicted octanol–water partition coefficient (Wildman–Crippen LogP) is 1.57. The Labute approximate surface area is 116 Å². The zero-order valence-electron chi connectivity index (χ0n) is 12.2. The van der Waals surface area contributed by atoms with Gasteiger partial charge in [0.25, 0.3) is 0 Å². The maximum Gasteiger partial charge on any atom is 0.226 e. The highest BCUT2D eigenvalue weighted by atomic mass is 16.3. The Bertz CT molecular complexity index is 313. The topological polar surface area (TPSA) is 61.4 Å². The highest BCUT2D eigenvalue weighted by molar-refractivity contribution is 5.82. The van der Waals surface area contributed by atoms with Crippen molar-refractivity contribution >= 4 is 5.91 Å². The first-order valence-corrected chi connectivity index (χ1v) is 7.74. The Morgan fingerprint density at radius 1 is 1.26 bits per heavy atom. The molecular formula is C15H28N2O2. The first-order valence-electron chi connectivity index (χ1n) is 7.74. The maximum absolute atomic E-state index is 12.5. The molecule has 0 radical (unpaired) electrons. The van der Waals surface area contributed by atoms with Crippen LogP contribution in [0, 0.1) is 5.41 Å². The van der Waals surface area contributed by atoms with Crippen molar-refractivity contribution in [3.8, 4) is 0 Å². The van der Waals surface area contributed by atoms with Crippen LogP contribution in [0.5, 0.6) is 0 Å². The molecule has 1 amide bonds. The summed E-state index contributed by atoms with van der Waals surface area (Å²) in [5, 5.41) is 16.5. The zero-order chi connectivity index (χ0) is 13.9. The van der Waals surface area contributed by atoms with Gasteiger partial charge < -0.3 is 15.7 Å². The van der Waals surface area contributed by atoms with E-state index in [4.69, 9.17) is 0 Å². The summed E-state index contributed by atoms with van der Waals surface area (Å²) in [7, 11) is 0. The van der Waals surface area contributed by atoms with Crippen molar-refractivity contribution in [2.45, 2.75) is 77.0 Å². The number of aliphatic hydroxyl groups is 1. The van der Waals surface area contributed by atoms with Gasteiger partial charge in [-0.05, 0) is 32.6 Å². The first-order chi connectivity index (χ1) is 9.01. The van der Waals surface area contributed by atoms with Crippen LogP contribution in [0.25, 0.3) is 0 Å². The number of nitrogens with one attached hydrogen (secondary N) is 2. The molecule has 1 aliphatic carbocycles. The summed E-state index contributed by atoms with van der Waals surface area (Å²) < 4.78 is 0. The number of hydrogen-bond donors (Lipinski definition) is 3. The lowest BCUT2D eigenvalue weighted by molar-refractivity contribution is -0.133. The van der Waals surface area contributed by atoms with Crippen LogP contribution in [0.15, 0.2) is 0 Å². The lowest BCUT2D eigenvalue weighted by Crippen LogP contribution is -2.50. The number of rotatable bonds is 2. The van der Waals surface area contributed by atoms with E-state index in [-0.39, 0.29) is 17.4 Å². The molecule has 19 heavy (non-hydrogen) atoms. The maximum atomic E-state index is 12.5. The monoisotopic (exact) mass is 268 g/mol. The van der Waals surface area contributed by atoms with Crippen LogP contribution in [0.1, 0.15) is 58.8 Å². The van der Waals surface area contributed by atoms with Crippen molar-refractivity contribution in [3.63, 3.8) is 0 Å². The van der Waals surface area contributed by atoms with Gasteiger partial charge in [-0.15, -0.1) is 0 Å². The van der Waals surface area contributed by atoms with Gasteiger partial charge in [0, 0.05) is 18.0 Å². The standard InChI is InChI=1S/C15H28N2O2/c1-11-6-7-12(13(18)10-16-11)17-14(19)15(2)8-4-3-5-9-15/h11-13,16,18H,3-10H2,1-2H3,(H,17,19)/t11-,12+,13+/m1/s1. The molecule has 3 N–H and O–H groups in total. The van der Waals surface area contributed by atoms with Gasteiger partial charge in [0.05, 0.1) is 12.1 Å². The number of β-amino-alcohol motifs (C(OH)–C–C–N with tert-alkyl or cyclic N) is 1. The summed E-state index contributed by atoms with van der Waals surface area (Å²) in [6.45, 7) is 4.77. The fourth-order valence-electron chi connectivity index (χ4n) is 3.26. The van der Waals surface area contributed by atoms with Crippen LogP contribution in [-0.2, 0) is 4.79 Å². The van der Waals surface area contributed by atoms with Crippen molar-refractivity contribution in [2.24, 2.45) is 5.41 Å². The van der Waals surface area contributed by atoms with Gasteiger partial charge in [-0.1, -0.05) is 26.2 Å². The molecule has 1 aliphatic heterocycles. The van der Waals surface area contributed by atoms with E-state index in [0.29, 0.717) is 12.6 Å². The molecule has 1 heterocycles. The van der Waals surface area contributed by atoms with E-state index in [0.717, 1.165) is 38.5 Å². The zero-order valence-corrected chi connectivity index (χ0v) is 12.2. The van der Waals surface area contributed by atoms with E-state index in [1.165, 1.54) is 6.42 Å². The Morgan fingerprint density at radius 3 is 2.63 bits per heavy atom. The highest BCUT2D eigenvalue weighted by Gasteiger charge is 2.36. The third-order valence-electron chi connectivity index (χ3n) is 4.87. The Hall–Kier alpha value is -0.610. The summed E-state index contributed by atoms with van der Waals surface area (Å²) in [5.74, 6) is 0.144. The van der Waals surface area contributed by atoms with E-state index < -0.39 is 6.10 Å². The second kappa shape index (κ2) is 6.23. The molecule has 2 aliphatic rings. The van der Waals surface area contributed by atoms with Gasteiger partial charge >= 0.3 is 0 Å². The van der Waals surface area contributed by atoms with E-state index in [2.05, 4.69) is 24.5 Å². The summed E-state index contributed by atoms with van der Waals surface area (Å²) in [4.78, 5) is 12.5. The minimum atomic E-state index is -0.471. The van der Waals surface area contributed by atoms with Crippen molar-refractivity contribution in [3.05, 3.63) is 0 Å². The SMILES string of the molecule is C[C@@H]1CC[C@H](NC(=O)C2(C)CCCCC2)[C@@H](O)CN1. The summed E-state index contributed by atoms with van der Waals surface area (Å²) >= 11 is 0. The largest absolute Gasteiger partial charge is 0.390 e. The van der Waals surface area contributed by atoms with Crippen LogP contribution in [0.4, 0.5) is 0 Å². The number of carbonyl (C=O) groups is 1. The van der Waals surface area contributed by atoms with Crippen molar-refractivity contribution in [1.29, 1.82) is 0 Å². The quantitative estimate of drug-likeness (QED) is 0.712. The molecule has 2 fully saturated rings. The molecule has 0 unspecified atom stereocenters. The van der Waals surface area contributed by atoms with Crippen LogP contribution in [0.3, 0.4) is 0 Å². The summed E-state index contributed by atoms with van der Waals surface area (Å²) in [6.07, 6.45) is 6.89. The number of aliphatic hydroxyl groups excluding tert-OH is 1. The highest BCUT2D eigenvalue weighted by Crippen LogP contribution is 2.36. The fourth-order valence-corrected chi connectivity index (χ4v) is 3.26. The number of carbonyl (C=O) groups excluding carboxylic acids is 1. The van der Waals surface area contributed by atoms with Crippen LogP contribution in [0.2, 0.25) is 0 Å². The smallest absolute Gasteiger partial charge is 0.226 e. The molecule has 110 valence electrons. The first kappa shape index (κ1) is 14.8. The Balaban J connectivity index is 1.93. The second-order valence-electron chi connectivity index (χ2n) is 6.66. The normalized spacial score (nSPS) is 35.4. The molecule has 4 heteroatoms. The van der Waals surface area contributed by atoms with Gasteiger partial charge in [0.2, 0.25) is 5.91 Å². The van der Waals surface area contributed by atoms with E-state index in [9.17, 15) is 9.90 Å². The molecule has 4 nitrogen and oxygen atoms in total. The summed E-state index contributed by atoms with van der Waals surface area (Å²) in [6, 6.07) is 0.325. The van der Waals surface area contributed by atoms with Crippen LogP contribution in [-0.4, -0.2) is 35.7 Å². The van der Waals surface area contributed by atoms with Gasteiger partial charge in [-0.25, -0.2) is 0 Å². The van der Waals surface area contributed by atoms with Crippen molar-refractivity contribution < 1.29 is 9.90 Å². The molecule has 0 bridgehead atoms. The lowest BCUT2D eigenvalue weighted by Gasteiger charge is -2.34. The third kappa shape index (κ3) is 3.69. The predicted molar refractivity (Wildman–Crippen MR) is 75.8 cm³/mol. The molecule has 3 atom stereocenters. The molecule has 1 saturated heterocycles. The minimum Gasteiger partial charge on any atom is -0.390 e. The van der Waals surface area contributed by atoms with E-state index >= 15 is 0 Å². The number of hydrogen-bond acceptors (Lipinski definition) is 3. The van der Waals surface area contributed by atoms with Gasteiger partial charge in [0.1, 0.15) is 0 Å². The molecule has 0 aromatic carbocycles. The van der Waals surface area contributed by atoms with Gasteiger partial charge in [-0.3, -0.25) is 4.79 Å². The molecule has 1 saturated carbocycles. The van der Waals surface area contributed by atoms with Crippen molar-refractivity contribution in [2.75, 3.05) is 6.54 Å². The van der Waals surface area contributed by atoms with E-state index in [1.807, 2.05) is 0 Å². The molecule has 0 aromatic rings. The number of amides is 1. The van der Waals surface area contributed by atoms with Gasteiger partial charge in [0.15, 0.2) is 0 Å². The summed E-state index contributed by atoms with van der Waals surface area (Å²) in [5.41, 5.74) is -0.219. The van der Waals surface area contributed by atoms with Crippen molar-refractivity contribution in [1.82, 2.24) is 10.6 Å². The van der Waals surface area contributed by atoms with Crippen LogP contribution < -0.4 is 10.6 Å². The average molecular weight is 268 g/mol. The molecule has 0 spiro atoms. The average Bonchev–Trinajstić information content (AvgIpc) is 2.55. The van der Waals surface area contributed by atoms with Gasteiger partial charge in [-0.2, -0.15) is 0 Å². The van der Waals surface area contributed by atoms with E-state index in [1.54, 1.807) is 0 Å². The third-order valence-corrected chi connectivity index (χ3v) is 4.87. The Kier molecular flexibility index (Phi) is 4.85. The lowest BCUT2D eigenvalue weighted by atomic mass is 9.75. The minimum absolute atomic E-state index is 0.0938. The fraction of sp³-hybridized carbons (Fsp3) is 0.933. The molecule has 2 rings (SSSR count).